The highest BCUT2D eigenvalue weighted by Gasteiger charge is 2.47. The van der Waals surface area contributed by atoms with Crippen molar-refractivity contribution in [1.29, 1.82) is 0 Å². The van der Waals surface area contributed by atoms with Gasteiger partial charge in [0.1, 0.15) is 24.4 Å². The van der Waals surface area contributed by atoms with Gasteiger partial charge < -0.3 is 45.1 Å². The van der Waals surface area contributed by atoms with Crippen LogP contribution in [0.4, 0.5) is 0 Å². The topological polar surface area (TPSA) is 175 Å². The van der Waals surface area contributed by atoms with Gasteiger partial charge in [-0.25, -0.2) is 0 Å². The number of rotatable bonds is 60. The fraction of sp³-hybridized carbons (Fsp3) is 0.737. The van der Waals surface area contributed by atoms with Crippen molar-refractivity contribution >= 4 is 11.9 Å². The molecule has 11 nitrogen and oxygen atoms in total. The van der Waals surface area contributed by atoms with E-state index in [1.54, 1.807) is 6.08 Å². The van der Waals surface area contributed by atoms with Crippen LogP contribution in [0.3, 0.4) is 0 Å². The van der Waals surface area contributed by atoms with Crippen LogP contribution in [0.25, 0.3) is 0 Å². The van der Waals surface area contributed by atoms with E-state index < -0.39 is 67.4 Å². The molecule has 0 aliphatic carbocycles. The van der Waals surface area contributed by atoms with Crippen LogP contribution in [0.1, 0.15) is 297 Å². The van der Waals surface area contributed by atoms with Gasteiger partial charge >= 0.3 is 5.97 Å². The highest BCUT2D eigenvalue weighted by Crippen LogP contribution is 2.26. The molecule has 500 valence electrons. The summed E-state index contributed by atoms with van der Waals surface area (Å²) in [6, 6.07) is -1.04. The first-order valence-corrected chi connectivity index (χ1v) is 35.7. The van der Waals surface area contributed by atoms with E-state index in [1.807, 2.05) is 6.08 Å². The molecule has 1 fully saturated rings. The molecule has 1 aliphatic rings. The first-order chi connectivity index (χ1) is 42.7. The number of esters is 1. The Kier molecular flexibility index (Phi) is 58.4. The Morgan fingerprint density at radius 1 is 0.460 bits per heavy atom. The zero-order valence-electron chi connectivity index (χ0n) is 55.6. The minimum atomic E-state index is -1.63. The molecule has 0 saturated carbocycles. The van der Waals surface area contributed by atoms with E-state index in [4.69, 9.17) is 14.2 Å². The highest BCUT2D eigenvalue weighted by atomic mass is 16.7. The molecule has 11 heteroatoms. The van der Waals surface area contributed by atoms with Crippen molar-refractivity contribution in [3.63, 3.8) is 0 Å². The van der Waals surface area contributed by atoms with E-state index in [0.29, 0.717) is 12.8 Å². The minimum absolute atomic E-state index is 0.105. The quantitative estimate of drug-likeness (QED) is 0.0195. The predicted octanol–water partition coefficient (Wildman–Crippen LogP) is 18.4. The van der Waals surface area contributed by atoms with Gasteiger partial charge in [0.15, 0.2) is 12.4 Å². The third-order valence-corrected chi connectivity index (χ3v) is 16.2. The molecule has 87 heavy (non-hydrogen) atoms. The van der Waals surface area contributed by atoms with Crippen molar-refractivity contribution in [3.8, 4) is 0 Å². The second-order valence-electron chi connectivity index (χ2n) is 24.2. The van der Waals surface area contributed by atoms with E-state index in [0.717, 1.165) is 128 Å². The second-order valence-corrected chi connectivity index (χ2v) is 24.2. The summed E-state index contributed by atoms with van der Waals surface area (Å²) in [7, 11) is 0. The molecule has 6 N–H and O–H groups in total. The zero-order chi connectivity index (χ0) is 63.1. The summed E-state index contributed by atoms with van der Waals surface area (Å²) in [6.45, 7) is 5.66. The molecule has 8 atom stereocenters. The van der Waals surface area contributed by atoms with Crippen LogP contribution in [0.5, 0.6) is 0 Å². The van der Waals surface area contributed by atoms with Crippen molar-refractivity contribution < 1.29 is 49.3 Å². The van der Waals surface area contributed by atoms with Crippen LogP contribution in [-0.2, 0) is 23.8 Å². The van der Waals surface area contributed by atoms with E-state index in [1.165, 1.54) is 122 Å². The third kappa shape index (κ3) is 49.7. The van der Waals surface area contributed by atoms with E-state index in [-0.39, 0.29) is 19.4 Å². The summed E-state index contributed by atoms with van der Waals surface area (Å²) in [4.78, 5) is 26.7. The smallest absolute Gasteiger partial charge is 0.306 e. The largest absolute Gasteiger partial charge is 0.454 e. The number of amides is 1. The molecule has 0 bridgehead atoms. The van der Waals surface area contributed by atoms with Crippen LogP contribution >= 0.6 is 0 Å². The maximum atomic E-state index is 13.5. The van der Waals surface area contributed by atoms with Crippen LogP contribution in [0.2, 0.25) is 0 Å². The average Bonchev–Trinajstić information content (AvgIpc) is 1.52. The first kappa shape index (κ1) is 81.3. The fourth-order valence-corrected chi connectivity index (χ4v) is 10.6. The van der Waals surface area contributed by atoms with Crippen molar-refractivity contribution in [2.45, 2.75) is 346 Å². The molecule has 0 radical (unpaired) electrons. The number of ether oxygens (including phenoxy) is 3. The van der Waals surface area contributed by atoms with Gasteiger partial charge in [0.25, 0.3) is 0 Å². The van der Waals surface area contributed by atoms with Gasteiger partial charge in [-0.15, -0.1) is 0 Å². The summed E-state index contributed by atoms with van der Waals surface area (Å²) in [5, 5.41) is 57.3. The Morgan fingerprint density at radius 3 is 1.26 bits per heavy atom. The van der Waals surface area contributed by atoms with Crippen molar-refractivity contribution in [2.75, 3.05) is 13.2 Å². The molecule has 1 amide bonds. The van der Waals surface area contributed by atoms with Crippen molar-refractivity contribution in [3.05, 3.63) is 109 Å². The number of hydrogen-bond donors (Lipinski definition) is 6. The summed E-state index contributed by atoms with van der Waals surface area (Å²) < 4.78 is 17.7. The Balaban J connectivity index is 2.60. The monoisotopic (exact) mass is 1220 g/mol. The number of allylic oxidation sites excluding steroid dienone is 17. The molecule has 0 aromatic carbocycles. The lowest BCUT2D eigenvalue weighted by molar-refractivity contribution is -0.305. The Labute approximate surface area is 532 Å². The number of carbonyl (C=O) groups is 2. The molecule has 8 unspecified atom stereocenters. The van der Waals surface area contributed by atoms with Gasteiger partial charge in [-0.05, 0) is 109 Å². The van der Waals surface area contributed by atoms with Gasteiger partial charge in [-0.3, -0.25) is 9.59 Å². The normalized spacial score (nSPS) is 18.9. The molecule has 1 rings (SSSR count). The Hall–Kier alpha value is -3.68. The van der Waals surface area contributed by atoms with Crippen LogP contribution < -0.4 is 5.32 Å². The van der Waals surface area contributed by atoms with E-state index >= 15 is 0 Å². The molecule has 0 spiro atoms. The van der Waals surface area contributed by atoms with E-state index in [2.05, 4.69) is 123 Å². The second kappa shape index (κ2) is 62.5. The molecular weight excluding hydrogens is 1090 g/mol. The van der Waals surface area contributed by atoms with Gasteiger partial charge in [0.05, 0.1) is 25.4 Å². The number of carbonyl (C=O) groups excluding carboxylic acids is 2. The lowest BCUT2D eigenvalue weighted by Crippen LogP contribution is -2.61. The molecule has 1 aliphatic heterocycles. The zero-order valence-corrected chi connectivity index (χ0v) is 55.6. The minimum Gasteiger partial charge on any atom is -0.454 e. The highest BCUT2D eigenvalue weighted by molar-refractivity contribution is 5.80. The van der Waals surface area contributed by atoms with Crippen LogP contribution in [0, 0.1) is 0 Å². The number of hydrogen-bond acceptors (Lipinski definition) is 10. The maximum absolute atomic E-state index is 13.5. The summed E-state index contributed by atoms with van der Waals surface area (Å²) in [5.41, 5.74) is 0. The Morgan fingerprint density at radius 2 is 0.828 bits per heavy atom. The van der Waals surface area contributed by atoms with Gasteiger partial charge in [-0.1, -0.05) is 291 Å². The standard InChI is InChI=1S/C76H131NO10/c1-4-7-10-13-16-19-22-25-27-29-31-32-33-34-35-36-37-39-40-42-45-48-51-54-57-60-63-69(80)75(84)77-67(68(79)62-59-56-53-50-47-44-24-21-18-15-12-9-6-3)66-85-76-74(73(83)72(82)70(65-78)86-76)87-71(81)64-61-58-55-52-49-46-43-41-38-30-28-26-23-20-17-14-11-8-5-2/h7,10,16-17,19-20,25-28,31-32,34-35,38,41,59,62,67-70,72-74,76,78-80,82-83H,4-6,8-9,11-15,18,21-24,29-30,33,36-37,39-40,42-58,60-61,63-66H2,1-3H3,(H,77,84)/b10-7-,19-16-,20-17-,27-25-,28-26-,32-31-,35-34-,41-38-,62-59+. The van der Waals surface area contributed by atoms with E-state index in [9.17, 15) is 35.1 Å². The van der Waals surface area contributed by atoms with Crippen LogP contribution in [0.15, 0.2) is 109 Å². The van der Waals surface area contributed by atoms with Gasteiger partial charge in [0.2, 0.25) is 5.91 Å². The third-order valence-electron chi connectivity index (χ3n) is 16.2. The lowest BCUT2D eigenvalue weighted by Gasteiger charge is -2.41. The average molecular weight is 1220 g/mol. The summed E-state index contributed by atoms with van der Waals surface area (Å²) in [6.07, 6.45) is 75.4. The number of aliphatic hydroxyl groups is 5. The predicted molar refractivity (Wildman–Crippen MR) is 365 cm³/mol. The summed E-state index contributed by atoms with van der Waals surface area (Å²) >= 11 is 0. The lowest BCUT2D eigenvalue weighted by atomic mass is 9.99. The molecule has 0 aromatic heterocycles. The SMILES string of the molecule is CC/C=C\C/C=C\C/C=C\C/C=C\C/C=C\CCCCCCCCCCCCC(O)C(=O)NC(COC1OC(CO)C(O)C(O)C1OC(=O)CCCCCCCC/C=C\C/C=C\C/C=C\CCCCC)C(O)/C=C/CCCCCCCCCCCCC. The number of nitrogens with one attached hydrogen (secondary N) is 1. The van der Waals surface area contributed by atoms with Crippen molar-refractivity contribution in [1.82, 2.24) is 5.32 Å². The first-order valence-electron chi connectivity index (χ1n) is 35.7. The van der Waals surface area contributed by atoms with Gasteiger partial charge in [0, 0.05) is 6.42 Å². The number of aliphatic hydroxyl groups excluding tert-OH is 5. The Bertz CT molecular complexity index is 1830. The number of unbranched alkanes of at least 4 members (excludes halogenated alkanes) is 30. The van der Waals surface area contributed by atoms with Crippen LogP contribution in [-0.4, -0.2) is 99.6 Å². The summed E-state index contributed by atoms with van der Waals surface area (Å²) in [5.74, 6) is -1.21. The fourth-order valence-electron chi connectivity index (χ4n) is 10.6. The molecule has 1 saturated heterocycles. The molecular formula is C76H131NO10. The maximum Gasteiger partial charge on any atom is 0.306 e. The molecule has 1 heterocycles. The molecule has 0 aromatic rings. The van der Waals surface area contributed by atoms with Crippen molar-refractivity contribution in [2.24, 2.45) is 0 Å². The van der Waals surface area contributed by atoms with Gasteiger partial charge in [-0.2, -0.15) is 0 Å².